The third-order valence-corrected chi connectivity index (χ3v) is 4.24. The van der Waals surface area contributed by atoms with Gasteiger partial charge >= 0.3 is 0 Å². The SMILES string of the molecule is CC(C)Oc1ccccc1CC(=O)N1CCC[C@H](n2cncn2)C1. The Bertz CT molecular complexity index is 669. The zero-order valence-corrected chi connectivity index (χ0v) is 14.3. The van der Waals surface area contributed by atoms with Crippen LogP contribution in [0.3, 0.4) is 0 Å². The van der Waals surface area contributed by atoms with E-state index < -0.39 is 0 Å². The Morgan fingerprint density at radius 2 is 2.21 bits per heavy atom. The molecule has 1 aromatic heterocycles. The second kappa shape index (κ2) is 7.47. The minimum absolute atomic E-state index is 0.0907. The van der Waals surface area contributed by atoms with Gasteiger partial charge in [-0.1, -0.05) is 18.2 Å². The lowest BCUT2D eigenvalue weighted by Crippen LogP contribution is -2.41. The first kappa shape index (κ1) is 16.5. The summed E-state index contributed by atoms with van der Waals surface area (Å²) < 4.78 is 7.68. The average molecular weight is 328 g/mol. The van der Waals surface area contributed by atoms with Crippen molar-refractivity contribution in [2.24, 2.45) is 0 Å². The summed E-state index contributed by atoms with van der Waals surface area (Å²) in [5.74, 6) is 0.935. The van der Waals surface area contributed by atoms with Crippen molar-refractivity contribution in [1.82, 2.24) is 19.7 Å². The van der Waals surface area contributed by atoms with Crippen molar-refractivity contribution in [3.63, 3.8) is 0 Å². The summed E-state index contributed by atoms with van der Waals surface area (Å²) in [6.45, 7) is 5.48. The summed E-state index contributed by atoms with van der Waals surface area (Å²) in [7, 11) is 0. The van der Waals surface area contributed by atoms with E-state index in [0.717, 1.165) is 30.7 Å². The fourth-order valence-electron chi connectivity index (χ4n) is 3.10. The van der Waals surface area contributed by atoms with E-state index >= 15 is 0 Å². The van der Waals surface area contributed by atoms with Gasteiger partial charge in [-0.15, -0.1) is 0 Å². The molecule has 3 rings (SSSR count). The molecule has 2 heterocycles. The normalized spacial score (nSPS) is 18.0. The van der Waals surface area contributed by atoms with Crippen LogP contribution in [0.1, 0.15) is 38.3 Å². The molecule has 0 spiro atoms. The molecule has 1 saturated heterocycles. The van der Waals surface area contributed by atoms with E-state index in [1.54, 1.807) is 12.7 Å². The Labute approximate surface area is 142 Å². The number of amides is 1. The number of benzene rings is 1. The minimum Gasteiger partial charge on any atom is -0.491 e. The number of aromatic nitrogens is 3. The maximum absolute atomic E-state index is 12.7. The number of hydrogen-bond donors (Lipinski definition) is 0. The van der Waals surface area contributed by atoms with Gasteiger partial charge in [0.25, 0.3) is 0 Å². The van der Waals surface area contributed by atoms with Crippen LogP contribution in [0, 0.1) is 0 Å². The highest BCUT2D eigenvalue weighted by molar-refractivity contribution is 5.79. The molecule has 0 N–H and O–H groups in total. The van der Waals surface area contributed by atoms with Crippen LogP contribution in [0.2, 0.25) is 0 Å². The molecule has 6 heteroatoms. The van der Waals surface area contributed by atoms with Crippen molar-refractivity contribution in [2.75, 3.05) is 13.1 Å². The summed E-state index contributed by atoms with van der Waals surface area (Å²) >= 11 is 0. The lowest BCUT2D eigenvalue weighted by Gasteiger charge is -2.32. The maximum Gasteiger partial charge on any atom is 0.227 e. The van der Waals surface area contributed by atoms with E-state index in [-0.39, 0.29) is 18.1 Å². The highest BCUT2D eigenvalue weighted by atomic mass is 16.5. The molecular formula is C18H24N4O2. The van der Waals surface area contributed by atoms with Gasteiger partial charge in [-0.05, 0) is 32.8 Å². The van der Waals surface area contributed by atoms with E-state index in [1.807, 2.05) is 47.7 Å². The molecule has 0 aliphatic carbocycles. The van der Waals surface area contributed by atoms with Gasteiger partial charge < -0.3 is 9.64 Å². The number of nitrogens with zero attached hydrogens (tertiary/aromatic N) is 4. The fraction of sp³-hybridized carbons (Fsp3) is 0.500. The Kier molecular flexibility index (Phi) is 5.13. The Balaban J connectivity index is 1.66. The van der Waals surface area contributed by atoms with Gasteiger partial charge in [0, 0.05) is 18.7 Å². The predicted octanol–water partition coefficient (Wildman–Crippen LogP) is 2.47. The largest absolute Gasteiger partial charge is 0.491 e. The molecule has 1 fully saturated rings. The zero-order valence-electron chi connectivity index (χ0n) is 14.3. The molecule has 6 nitrogen and oxygen atoms in total. The summed E-state index contributed by atoms with van der Waals surface area (Å²) in [6.07, 6.45) is 5.74. The minimum atomic E-state index is 0.0907. The smallest absolute Gasteiger partial charge is 0.227 e. The predicted molar refractivity (Wildman–Crippen MR) is 90.8 cm³/mol. The molecule has 1 amide bonds. The summed E-state index contributed by atoms with van der Waals surface area (Å²) in [6, 6.07) is 8.00. The fourth-order valence-corrected chi connectivity index (χ4v) is 3.10. The highest BCUT2D eigenvalue weighted by Gasteiger charge is 2.25. The second-order valence-electron chi connectivity index (χ2n) is 6.46. The lowest BCUT2D eigenvalue weighted by molar-refractivity contribution is -0.132. The van der Waals surface area contributed by atoms with Crippen molar-refractivity contribution in [2.45, 2.75) is 45.3 Å². The lowest BCUT2D eigenvalue weighted by atomic mass is 10.0. The number of carbonyl (C=O) groups is 1. The zero-order chi connectivity index (χ0) is 16.9. The molecule has 0 radical (unpaired) electrons. The first-order chi connectivity index (χ1) is 11.6. The van der Waals surface area contributed by atoms with Gasteiger partial charge in [0.1, 0.15) is 18.4 Å². The van der Waals surface area contributed by atoms with Crippen LogP contribution in [0.4, 0.5) is 0 Å². The Morgan fingerprint density at radius 1 is 1.38 bits per heavy atom. The molecule has 0 saturated carbocycles. The van der Waals surface area contributed by atoms with Crippen molar-refractivity contribution in [3.05, 3.63) is 42.5 Å². The van der Waals surface area contributed by atoms with Gasteiger partial charge in [-0.3, -0.25) is 4.79 Å². The van der Waals surface area contributed by atoms with E-state index in [2.05, 4.69) is 10.1 Å². The number of para-hydroxylation sites is 1. The molecule has 1 aliphatic heterocycles. The second-order valence-corrected chi connectivity index (χ2v) is 6.46. The van der Waals surface area contributed by atoms with Gasteiger partial charge in [0.15, 0.2) is 0 Å². The monoisotopic (exact) mass is 328 g/mol. The molecule has 0 unspecified atom stereocenters. The molecular weight excluding hydrogens is 304 g/mol. The van der Waals surface area contributed by atoms with Crippen molar-refractivity contribution in [1.29, 1.82) is 0 Å². The van der Waals surface area contributed by atoms with Crippen LogP contribution in [0.25, 0.3) is 0 Å². The first-order valence-electron chi connectivity index (χ1n) is 8.50. The van der Waals surface area contributed by atoms with Crippen LogP contribution in [-0.4, -0.2) is 44.8 Å². The van der Waals surface area contributed by atoms with Gasteiger partial charge in [0.05, 0.1) is 18.6 Å². The number of carbonyl (C=O) groups excluding carboxylic acids is 1. The number of rotatable bonds is 5. The summed E-state index contributed by atoms with van der Waals surface area (Å²) in [4.78, 5) is 18.7. The molecule has 2 aromatic rings. The van der Waals surface area contributed by atoms with E-state index in [9.17, 15) is 4.79 Å². The molecule has 0 bridgehead atoms. The number of ether oxygens (including phenoxy) is 1. The van der Waals surface area contributed by atoms with E-state index in [0.29, 0.717) is 13.0 Å². The number of hydrogen-bond acceptors (Lipinski definition) is 4. The molecule has 1 aliphatic rings. The topological polar surface area (TPSA) is 60.2 Å². The summed E-state index contributed by atoms with van der Waals surface area (Å²) in [5.41, 5.74) is 0.944. The van der Waals surface area contributed by atoms with Crippen LogP contribution < -0.4 is 4.74 Å². The van der Waals surface area contributed by atoms with Gasteiger partial charge in [-0.2, -0.15) is 5.10 Å². The van der Waals surface area contributed by atoms with Crippen LogP contribution >= 0.6 is 0 Å². The summed E-state index contributed by atoms with van der Waals surface area (Å²) in [5, 5.41) is 4.21. The van der Waals surface area contributed by atoms with Crippen molar-refractivity contribution < 1.29 is 9.53 Å². The standard InChI is InChI=1S/C18H24N4O2/c1-14(2)24-17-8-4-3-6-15(17)10-18(23)21-9-5-7-16(11-21)22-13-19-12-20-22/h3-4,6,8,12-14,16H,5,7,9-11H2,1-2H3/t16-/m0/s1. The molecule has 128 valence electrons. The highest BCUT2D eigenvalue weighted by Crippen LogP contribution is 2.24. The molecule has 1 atom stereocenters. The maximum atomic E-state index is 12.7. The third-order valence-electron chi connectivity index (χ3n) is 4.24. The molecule has 1 aromatic carbocycles. The van der Waals surface area contributed by atoms with E-state index in [1.165, 1.54) is 0 Å². The third kappa shape index (κ3) is 3.93. The molecule has 24 heavy (non-hydrogen) atoms. The Morgan fingerprint density at radius 3 is 2.96 bits per heavy atom. The van der Waals surface area contributed by atoms with Gasteiger partial charge in [0.2, 0.25) is 5.91 Å². The van der Waals surface area contributed by atoms with Crippen molar-refractivity contribution in [3.8, 4) is 5.75 Å². The van der Waals surface area contributed by atoms with Crippen LogP contribution in [0.15, 0.2) is 36.9 Å². The number of likely N-dealkylation sites (tertiary alicyclic amines) is 1. The quantitative estimate of drug-likeness (QED) is 0.846. The van der Waals surface area contributed by atoms with Crippen molar-refractivity contribution >= 4 is 5.91 Å². The van der Waals surface area contributed by atoms with Crippen LogP contribution in [0.5, 0.6) is 5.75 Å². The van der Waals surface area contributed by atoms with E-state index in [4.69, 9.17) is 4.74 Å². The Hall–Kier alpha value is -2.37. The number of piperidine rings is 1. The average Bonchev–Trinajstić information content (AvgIpc) is 3.11. The van der Waals surface area contributed by atoms with Gasteiger partial charge in [-0.25, -0.2) is 9.67 Å². The first-order valence-corrected chi connectivity index (χ1v) is 8.50. The van der Waals surface area contributed by atoms with Crippen LogP contribution in [-0.2, 0) is 11.2 Å².